The molecule has 1 amide bonds. The number of aliphatic hydroxyl groups is 1. The van der Waals surface area contributed by atoms with Crippen molar-refractivity contribution in [3.8, 4) is 17.2 Å². The van der Waals surface area contributed by atoms with E-state index >= 15 is 0 Å². The van der Waals surface area contributed by atoms with Gasteiger partial charge in [0.05, 0.1) is 21.8 Å². The average molecular weight is 561 g/mol. The Labute approximate surface area is 232 Å². The van der Waals surface area contributed by atoms with Crippen molar-refractivity contribution in [3.63, 3.8) is 0 Å². The summed E-state index contributed by atoms with van der Waals surface area (Å²) in [7, 11) is 0. The number of aromatic nitrogens is 1. The number of hydrogen-bond acceptors (Lipinski definition) is 8. The van der Waals surface area contributed by atoms with Crippen LogP contribution >= 0.6 is 22.9 Å². The number of nitrogens with zero attached hydrogens (tertiary/aromatic N) is 2. The van der Waals surface area contributed by atoms with Gasteiger partial charge in [0.1, 0.15) is 31.3 Å². The highest BCUT2D eigenvalue weighted by Crippen LogP contribution is 2.45. The first-order chi connectivity index (χ1) is 18.9. The standard InChI is InChI=1S/C29H21ClN2O6S/c1-2-10-36-19-5-3-4-16(13-19)25-24(26(33)17-6-9-21-22(14-17)38-12-11-37-21)27(34)28(35)32(25)29-31-20-8-7-18(30)15-23(20)39-29/h2-9,13-15,25,33H,1,10-12H2. The van der Waals surface area contributed by atoms with Crippen molar-refractivity contribution in [1.29, 1.82) is 0 Å². The Kier molecular flexibility index (Phi) is 6.46. The number of halogens is 1. The molecule has 0 radical (unpaired) electrons. The van der Waals surface area contributed by atoms with Gasteiger partial charge in [0.2, 0.25) is 0 Å². The first-order valence-electron chi connectivity index (χ1n) is 12.1. The average Bonchev–Trinajstić information content (AvgIpc) is 3.48. The summed E-state index contributed by atoms with van der Waals surface area (Å²) in [6.45, 7) is 4.73. The molecule has 1 aromatic heterocycles. The molecule has 6 rings (SSSR count). The van der Waals surface area contributed by atoms with Crippen molar-refractivity contribution < 1.29 is 28.9 Å². The van der Waals surface area contributed by atoms with Crippen LogP contribution in [0.3, 0.4) is 0 Å². The third-order valence-electron chi connectivity index (χ3n) is 6.35. The quantitative estimate of drug-likeness (QED) is 0.135. The second-order valence-corrected chi connectivity index (χ2v) is 10.3. The Hall–Kier alpha value is -4.34. The van der Waals surface area contributed by atoms with Crippen molar-refractivity contribution >= 4 is 55.7 Å². The van der Waals surface area contributed by atoms with Crippen molar-refractivity contribution in [2.75, 3.05) is 24.7 Å². The highest BCUT2D eigenvalue weighted by atomic mass is 35.5. The number of amides is 1. The number of carbonyl (C=O) groups excluding carboxylic acids is 2. The van der Waals surface area contributed by atoms with E-state index in [9.17, 15) is 14.7 Å². The van der Waals surface area contributed by atoms with Crippen LogP contribution in [0.4, 0.5) is 5.13 Å². The van der Waals surface area contributed by atoms with Gasteiger partial charge >= 0.3 is 5.91 Å². The molecule has 1 unspecified atom stereocenters. The molecule has 0 saturated carbocycles. The van der Waals surface area contributed by atoms with Gasteiger partial charge in [-0.2, -0.15) is 0 Å². The lowest BCUT2D eigenvalue weighted by Gasteiger charge is -2.23. The maximum atomic E-state index is 13.6. The molecule has 0 bridgehead atoms. The summed E-state index contributed by atoms with van der Waals surface area (Å²) in [5.41, 5.74) is 1.44. The molecule has 1 saturated heterocycles. The van der Waals surface area contributed by atoms with Crippen molar-refractivity contribution in [2.45, 2.75) is 6.04 Å². The topological polar surface area (TPSA) is 98.2 Å². The Balaban J connectivity index is 1.53. The smallest absolute Gasteiger partial charge is 0.301 e. The number of hydrogen-bond donors (Lipinski definition) is 1. The van der Waals surface area contributed by atoms with Crippen LogP contribution in [0.25, 0.3) is 16.0 Å². The van der Waals surface area contributed by atoms with Crippen LogP contribution in [0.2, 0.25) is 5.02 Å². The molecular weight excluding hydrogens is 540 g/mol. The number of carbonyl (C=O) groups is 2. The van der Waals surface area contributed by atoms with Gasteiger partial charge in [0.15, 0.2) is 16.6 Å². The van der Waals surface area contributed by atoms with E-state index in [-0.39, 0.29) is 17.9 Å². The second-order valence-electron chi connectivity index (χ2n) is 8.81. The van der Waals surface area contributed by atoms with Crippen LogP contribution in [0, 0.1) is 0 Å². The van der Waals surface area contributed by atoms with Crippen molar-refractivity contribution in [1.82, 2.24) is 4.98 Å². The molecule has 10 heteroatoms. The molecular formula is C29H21ClN2O6S. The van der Waals surface area contributed by atoms with Crippen molar-refractivity contribution in [2.24, 2.45) is 0 Å². The molecule has 1 N–H and O–H groups in total. The minimum atomic E-state index is -0.971. The van der Waals surface area contributed by atoms with Gasteiger partial charge in [-0.05, 0) is 54.1 Å². The van der Waals surface area contributed by atoms with E-state index in [1.807, 2.05) is 0 Å². The summed E-state index contributed by atoms with van der Waals surface area (Å²) in [5, 5.41) is 12.3. The third-order valence-corrected chi connectivity index (χ3v) is 7.60. The van der Waals surface area contributed by atoms with E-state index in [0.29, 0.717) is 57.3 Å². The van der Waals surface area contributed by atoms with Gasteiger partial charge in [-0.25, -0.2) is 4.98 Å². The fourth-order valence-corrected chi connectivity index (χ4v) is 5.88. The number of ether oxygens (including phenoxy) is 3. The summed E-state index contributed by atoms with van der Waals surface area (Å²) in [6.07, 6.45) is 1.62. The molecule has 0 spiro atoms. The summed E-state index contributed by atoms with van der Waals surface area (Å²) < 4.78 is 17.7. The molecule has 196 valence electrons. The van der Waals surface area contributed by atoms with E-state index in [4.69, 9.17) is 25.8 Å². The maximum absolute atomic E-state index is 13.6. The lowest BCUT2D eigenvalue weighted by atomic mass is 9.95. The van der Waals surface area contributed by atoms with E-state index < -0.39 is 17.7 Å². The molecule has 0 aliphatic carbocycles. The largest absolute Gasteiger partial charge is 0.507 e. The van der Waals surface area contributed by atoms with Gasteiger partial charge in [0, 0.05) is 10.6 Å². The molecule has 2 aliphatic rings. The number of aliphatic hydroxyl groups excluding tert-OH is 1. The van der Waals surface area contributed by atoms with E-state index in [2.05, 4.69) is 11.6 Å². The van der Waals surface area contributed by atoms with Gasteiger partial charge < -0.3 is 19.3 Å². The highest BCUT2D eigenvalue weighted by Gasteiger charge is 2.48. The molecule has 39 heavy (non-hydrogen) atoms. The van der Waals surface area contributed by atoms with E-state index in [1.165, 1.54) is 16.2 Å². The fourth-order valence-electron chi connectivity index (χ4n) is 4.61. The van der Waals surface area contributed by atoms with Crippen LogP contribution in [-0.4, -0.2) is 41.6 Å². The number of anilines is 1. The zero-order valence-corrected chi connectivity index (χ0v) is 22.0. The molecule has 2 aliphatic heterocycles. The third kappa shape index (κ3) is 4.49. The minimum absolute atomic E-state index is 0.0742. The predicted octanol–water partition coefficient (Wildman–Crippen LogP) is 5.91. The lowest BCUT2D eigenvalue weighted by molar-refractivity contribution is -0.132. The number of thiazole rings is 1. The summed E-state index contributed by atoms with van der Waals surface area (Å²) in [4.78, 5) is 33.0. The molecule has 3 aromatic carbocycles. The Morgan fingerprint density at radius 2 is 1.95 bits per heavy atom. The van der Waals surface area contributed by atoms with Gasteiger partial charge in [0.25, 0.3) is 5.78 Å². The number of Topliss-reactive ketones (excluding diaryl/α,β-unsaturated/α-hetero) is 1. The van der Waals surface area contributed by atoms with Crippen LogP contribution in [-0.2, 0) is 9.59 Å². The zero-order chi connectivity index (χ0) is 27.1. The normalized spacial score (nSPS) is 18.0. The fraction of sp³-hybridized carbons (Fsp3) is 0.138. The van der Waals surface area contributed by atoms with E-state index in [0.717, 1.165) is 4.70 Å². The highest BCUT2D eigenvalue weighted by molar-refractivity contribution is 7.22. The SMILES string of the molecule is C=CCOc1cccc(C2C(=C(O)c3ccc4c(c3)OCCO4)C(=O)C(=O)N2c2nc3ccc(Cl)cc3s2)c1. The summed E-state index contributed by atoms with van der Waals surface area (Å²) in [5.74, 6) is -0.467. The number of rotatable bonds is 6. The Bertz CT molecular complexity index is 1680. The first-order valence-corrected chi connectivity index (χ1v) is 13.2. The molecule has 8 nitrogen and oxygen atoms in total. The predicted molar refractivity (Wildman–Crippen MR) is 149 cm³/mol. The van der Waals surface area contributed by atoms with E-state index in [1.54, 1.807) is 66.7 Å². The Morgan fingerprint density at radius 3 is 2.77 bits per heavy atom. The van der Waals surface area contributed by atoms with Crippen LogP contribution in [0.5, 0.6) is 17.2 Å². The van der Waals surface area contributed by atoms with Crippen LogP contribution in [0.15, 0.2) is 78.9 Å². The molecule has 4 aromatic rings. The molecule has 1 atom stereocenters. The summed E-state index contributed by atoms with van der Waals surface area (Å²) >= 11 is 7.40. The first kappa shape index (κ1) is 25.0. The minimum Gasteiger partial charge on any atom is -0.507 e. The molecule has 3 heterocycles. The number of ketones is 1. The molecule has 1 fully saturated rings. The van der Waals surface area contributed by atoms with Crippen molar-refractivity contribution in [3.05, 3.63) is 95.0 Å². The zero-order valence-electron chi connectivity index (χ0n) is 20.4. The monoisotopic (exact) mass is 560 g/mol. The van der Waals surface area contributed by atoms with Gasteiger partial charge in [-0.15, -0.1) is 0 Å². The van der Waals surface area contributed by atoms with Gasteiger partial charge in [-0.1, -0.05) is 47.7 Å². The summed E-state index contributed by atoms with van der Waals surface area (Å²) in [6, 6.07) is 16.1. The van der Waals surface area contributed by atoms with Crippen LogP contribution in [0.1, 0.15) is 17.2 Å². The number of fused-ring (bicyclic) bond motifs is 2. The Morgan fingerprint density at radius 1 is 1.13 bits per heavy atom. The number of benzene rings is 3. The van der Waals surface area contributed by atoms with Gasteiger partial charge in [-0.3, -0.25) is 14.5 Å². The second kappa shape index (κ2) is 10.1. The van der Waals surface area contributed by atoms with Crippen LogP contribution < -0.4 is 19.1 Å². The lowest BCUT2D eigenvalue weighted by Crippen LogP contribution is -2.29. The maximum Gasteiger partial charge on any atom is 0.301 e.